The molecule has 0 aromatic heterocycles. The second kappa shape index (κ2) is 7.00. The van der Waals surface area contributed by atoms with E-state index in [9.17, 15) is 8.42 Å². The van der Waals surface area contributed by atoms with E-state index in [0.717, 1.165) is 5.56 Å². The topological polar surface area (TPSA) is 81.4 Å². The Morgan fingerprint density at radius 2 is 2.05 bits per heavy atom. The van der Waals surface area contributed by atoms with Gasteiger partial charge in [-0.3, -0.25) is 0 Å². The zero-order valence-electron chi connectivity index (χ0n) is 11.6. The molecule has 0 radical (unpaired) electrons. The summed E-state index contributed by atoms with van der Waals surface area (Å²) in [5.41, 5.74) is 6.56. The first-order valence-corrected chi connectivity index (χ1v) is 7.72. The van der Waals surface area contributed by atoms with Crippen molar-refractivity contribution in [2.24, 2.45) is 5.73 Å². The summed E-state index contributed by atoms with van der Waals surface area (Å²) in [5, 5.41) is 0. The van der Waals surface area contributed by atoms with Gasteiger partial charge < -0.3 is 10.5 Å². The molecule has 2 atom stereocenters. The van der Waals surface area contributed by atoms with Gasteiger partial charge in [-0.1, -0.05) is 12.1 Å². The molecule has 3 N–H and O–H groups in total. The maximum Gasteiger partial charge on any atom is 0.240 e. The molecule has 2 unspecified atom stereocenters. The smallest absolute Gasteiger partial charge is 0.240 e. The SMILES string of the molecule is COCCC(C)NS(=O)(=O)c1cccc(C(C)N)c1. The minimum Gasteiger partial charge on any atom is -0.385 e. The number of sulfonamides is 1. The van der Waals surface area contributed by atoms with Crippen molar-refractivity contribution in [2.45, 2.75) is 37.2 Å². The zero-order chi connectivity index (χ0) is 14.5. The van der Waals surface area contributed by atoms with E-state index in [1.165, 1.54) is 0 Å². The Balaban J connectivity index is 2.85. The Labute approximate surface area is 115 Å². The molecule has 19 heavy (non-hydrogen) atoms. The molecule has 0 amide bonds. The molecule has 108 valence electrons. The molecule has 0 heterocycles. The molecule has 0 aliphatic rings. The van der Waals surface area contributed by atoms with E-state index in [-0.39, 0.29) is 17.0 Å². The lowest BCUT2D eigenvalue weighted by Crippen LogP contribution is -2.33. The van der Waals surface area contributed by atoms with Gasteiger partial charge in [-0.05, 0) is 38.0 Å². The van der Waals surface area contributed by atoms with Gasteiger partial charge in [0.05, 0.1) is 4.90 Å². The molecule has 5 nitrogen and oxygen atoms in total. The predicted octanol–water partition coefficient (Wildman–Crippen LogP) is 1.41. The number of benzene rings is 1. The summed E-state index contributed by atoms with van der Waals surface area (Å²) in [5.74, 6) is 0. The van der Waals surface area contributed by atoms with Crippen molar-refractivity contribution in [3.05, 3.63) is 29.8 Å². The number of nitrogens with one attached hydrogen (secondary N) is 1. The van der Waals surface area contributed by atoms with E-state index in [4.69, 9.17) is 10.5 Å². The normalized spacial score (nSPS) is 15.2. The minimum atomic E-state index is -3.51. The van der Waals surface area contributed by atoms with Crippen LogP contribution < -0.4 is 10.5 Å². The average molecular weight is 286 g/mol. The number of ether oxygens (including phenoxy) is 1. The van der Waals surface area contributed by atoms with Crippen molar-refractivity contribution >= 4 is 10.0 Å². The van der Waals surface area contributed by atoms with E-state index >= 15 is 0 Å². The van der Waals surface area contributed by atoms with Gasteiger partial charge in [0.2, 0.25) is 10.0 Å². The molecular weight excluding hydrogens is 264 g/mol. The molecule has 0 spiro atoms. The molecular formula is C13H22N2O3S. The molecule has 1 aromatic rings. The highest BCUT2D eigenvalue weighted by atomic mass is 32.2. The third-order valence-corrected chi connectivity index (χ3v) is 4.39. The van der Waals surface area contributed by atoms with Gasteiger partial charge in [0.25, 0.3) is 0 Å². The monoisotopic (exact) mass is 286 g/mol. The maximum absolute atomic E-state index is 12.2. The van der Waals surface area contributed by atoms with Crippen LogP contribution in [-0.4, -0.2) is 28.2 Å². The number of rotatable bonds is 7. The molecule has 0 saturated heterocycles. The third kappa shape index (κ3) is 4.91. The zero-order valence-corrected chi connectivity index (χ0v) is 12.4. The number of methoxy groups -OCH3 is 1. The molecule has 0 fully saturated rings. The van der Waals surface area contributed by atoms with Crippen LogP contribution in [0.15, 0.2) is 29.2 Å². The second-order valence-corrected chi connectivity index (χ2v) is 6.38. The van der Waals surface area contributed by atoms with Crippen molar-refractivity contribution in [3.63, 3.8) is 0 Å². The Morgan fingerprint density at radius 1 is 1.37 bits per heavy atom. The average Bonchev–Trinajstić information content (AvgIpc) is 2.36. The predicted molar refractivity (Wildman–Crippen MR) is 75.3 cm³/mol. The molecule has 0 aliphatic carbocycles. The van der Waals surface area contributed by atoms with Crippen LogP contribution in [0.5, 0.6) is 0 Å². The summed E-state index contributed by atoms with van der Waals surface area (Å²) in [7, 11) is -1.92. The molecule has 0 saturated carbocycles. The van der Waals surface area contributed by atoms with E-state index in [1.54, 1.807) is 25.3 Å². The quantitative estimate of drug-likeness (QED) is 0.794. The van der Waals surface area contributed by atoms with Crippen molar-refractivity contribution in [1.29, 1.82) is 0 Å². The number of hydrogen-bond donors (Lipinski definition) is 2. The van der Waals surface area contributed by atoms with Crippen LogP contribution in [0.25, 0.3) is 0 Å². The molecule has 1 rings (SSSR count). The Bertz CT molecular complexity index is 500. The van der Waals surface area contributed by atoms with E-state index < -0.39 is 10.0 Å². The molecule has 1 aromatic carbocycles. The highest BCUT2D eigenvalue weighted by Gasteiger charge is 2.17. The Morgan fingerprint density at radius 3 is 2.63 bits per heavy atom. The Hall–Kier alpha value is -0.950. The third-order valence-electron chi connectivity index (χ3n) is 2.81. The summed E-state index contributed by atoms with van der Waals surface area (Å²) >= 11 is 0. The largest absolute Gasteiger partial charge is 0.385 e. The molecule has 6 heteroatoms. The second-order valence-electron chi connectivity index (χ2n) is 4.66. The summed E-state index contributed by atoms with van der Waals surface area (Å²) in [6, 6.07) is 6.32. The van der Waals surface area contributed by atoms with Gasteiger partial charge in [0.15, 0.2) is 0 Å². The molecule has 0 aliphatic heterocycles. The number of nitrogens with two attached hydrogens (primary N) is 1. The van der Waals surface area contributed by atoms with Crippen LogP contribution in [0.1, 0.15) is 31.9 Å². The lowest BCUT2D eigenvalue weighted by atomic mass is 10.1. The van der Waals surface area contributed by atoms with Crippen LogP contribution in [0, 0.1) is 0 Å². The highest BCUT2D eigenvalue weighted by molar-refractivity contribution is 7.89. The van der Waals surface area contributed by atoms with E-state index in [0.29, 0.717) is 13.0 Å². The van der Waals surface area contributed by atoms with Crippen LogP contribution >= 0.6 is 0 Å². The van der Waals surface area contributed by atoms with Crippen LogP contribution in [0.3, 0.4) is 0 Å². The first-order valence-electron chi connectivity index (χ1n) is 6.23. The van der Waals surface area contributed by atoms with Crippen LogP contribution in [0.4, 0.5) is 0 Å². The van der Waals surface area contributed by atoms with Gasteiger partial charge in [-0.2, -0.15) is 0 Å². The van der Waals surface area contributed by atoms with E-state index in [1.807, 2.05) is 19.9 Å². The summed E-state index contributed by atoms with van der Waals surface area (Å²) in [6.07, 6.45) is 0.628. The lowest BCUT2D eigenvalue weighted by molar-refractivity contribution is 0.188. The van der Waals surface area contributed by atoms with Crippen LogP contribution in [-0.2, 0) is 14.8 Å². The molecule has 0 bridgehead atoms. The van der Waals surface area contributed by atoms with Gasteiger partial charge in [-0.15, -0.1) is 0 Å². The first-order chi connectivity index (χ1) is 8.86. The highest BCUT2D eigenvalue weighted by Crippen LogP contribution is 2.16. The van der Waals surface area contributed by atoms with Crippen molar-refractivity contribution in [2.75, 3.05) is 13.7 Å². The van der Waals surface area contributed by atoms with Gasteiger partial charge in [0.1, 0.15) is 0 Å². The van der Waals surface area contributed by atoms with Gasteiger partial charge >= 0.3 is 0 Å². The maximum atomic E-state index is 12.2. The minimum absolute atomic E-state index is 0.177. The Kier molecular flexibility index (Phi) is 5.93. The summed E-state index contributed by atoms with van der Waals surface area (Å²) in [6.45, 7) is 4.15. The van der Waals surface area contributed by atoms with E-state index in [2.05, 4.69) is 4.72 Å². The van der Waals surface area contributed by atoms with Crippen molar-refractivity contribution in [1.82, 2.24) is 4.72 Å². The fourth-order valence-electron chi connectivity index (χ4n) is 1.65. The first kappa shape index (κ1) is 16.1. The van der Waals surface area contributed by atoms with Crippen molar-refractivity contribution < 1.29 is 13.2 Å². The summed E-state index contributed by atoms with van der Waals surface area (Å²) in [4.78, 5) is 0.242. The fraction of sp³-hybridized carbons (Fsp3) is 0.538. The lowest BCUT2D eigenvalue weighted by Gasteiger charge is -2.15. The van der Waals surface area contributed by atoms with Gasteiger partial charge in [-0.25, -0.2) is 13.1 Å². The fourth-order valence-corrected chi connectivity index (χ4v) is 2.98. The standard InChI is InChI=1S/C13H22N2O3S/c1-10(7-8-18-3)15-19(16,17)13-6-4-5-12(9-13)11(2)14/h4-6,9-11,15H,7-8,14H2,1-3H3. The van der Waals surface area contributed by atoms with Crippen molar-refractivity contribution in [3.8, 4) is 0 Å². The summed E-state index contributed by atoms with van der Waals surface area (Å²) < 4.78 is 31.9. The van der Waals surface area contributed by atoms with Gasteiger partial charge in [0, 0.05) is 25.8 Å². The van der Waals surface area contributed by atoms with Crippen LogP contribution in [0.2, 0.25) is 0 Å². The number of hydrogen-bond acceptors (Lipinski definition) is 4.